The number of fused-ring (bicyclic) bond motifs is 1. The van der Waals surface area contributed by atoms with Crippen molar-refractivity contribution in [2.45, 2.75) is 114 Å². The van der Waals surface area contributed by atoms with Gasteiger partial charge in [-0.15, -0.1) is 13.2 Å². The molecule has 1 aromatic rings. The highest BCUT2D eigenvalue weighted by atomic mass is 79.9. The predicted molar refractivity (Wildman–Crippen MR) is 196 cm³/mol. The van der Waals surface area contributed by atoms with Crippen LogP contribution in [0.4, 0.5) is 0 Å². The second-order valence-corrected chi connectivity index (χ2v) is 16.9. The van der Waals surface area contributed by atoms with Gasteiger partial charge >= 0.3 is 5.97 Å². The Labute approximate surface area is 306 Å². The number of aliphatic hydroxyl groups is 1. The third-order valence-corrected chi connectivity index (χ3v) is 11.0. The molecule has 3 aliphatic heterocycles. The van der Waals surface area contributed by atoms with E-state index in [2.05, 4.69) is 55.2 Å². The molecule has 4 rings (SSSR count). The number of nitrogens with one attached hydrogen (secondary N) is 1. The van der Waals surface area contributed by atoms with E-state index in [1.54, 1.807) is 17.1 Å². The number of benzene rings is 1. The van der Waals surface area contributed by atoms with Crippen LogP contribution in [0.3, 0.4) is 0 Å². The number of hydrogen-bond donors (Lipinski definition) is 2. The molecule has 50 heavy (non-hydrogen) atoms. The SMILES string of the molecule is C=CCCC(=O)NC[C@@H](OC(=O)[C@@H]1[C@H]2O[C@@]3(CC2Br)[C@H](C(=O)N(CC=C)C(C)(C)CC(C)(C)C)N(CCCCCO)C(=O)[C@@H]13)c1ccccc1. The first kappa shape index (κ1) is 39.8. The number of ether oxygens (including phenoxy) is 2. The van der Waals surface area contributed by atoms with E-state index < -0.39 is 47.2 Å². The largest absolute Gasteiger partial charge is 0.455 e. The van der Waals surface area contributed by atoms with Crippen LogP contribution < -0.4 is 5.32 Å². The first-order valence-corrected chi connectivity index (χ1v) is 18.8. The first-order chi connectivity index (χ1) is 23.6. The van der Waals surface area contributed by atoms with E-state index in [9.17, 15) is 24.3 Å². The van der Waals surface area contributed by atoms with Crippen molar-refractivity contribution in [2.24, 2.45) is 17.3 Å². The molecule has 2 N–H and O–H groups in total. The van der Waals surface area contributed by atoms with Crippen molar-refractivity contribution in [3.8, 4) is 0 Å². The topological polar surface area (TPSA) is 125 Å². The number of esters is 1. The summed E-state index contributed by atoms with van der Waals surface area (Å²) in [6.45, 7) is 18.8. The van der Waals surface area contributed by atoms with Gasteiger partial charge in [-0.25, -0.2) is 0 Å². The Bertz CT molecular complexity index is 1400. The summed E-state index contributed by atoms with van der Waals surface area (Å²) in [5, 5.41) is 12.3. The van der Waals surface area contributed by atoms with Crippen LogP contribution in [0.25, 0.3) is 0 Å². The van der Waals surface area contributed by atoms with Gasteiger partial charge in [-0.05, 0) is 63.4 Å². The van der Waals surface area contributed by atoms with Crippen molar-refractivity contribution in [2.75, 3.05) is 26.2 Å². The molecule has 0 radical (unpaired) electrons. The van der Waals surface area contributed by atoms with E-state index >= 15 is 0 Å². The van der Waals surface area contributed by atoms with Gasteiger partial charge in [0.15, 0.2) is 0 Å². The fourth-order valence-electron chi connectivity index (χ4n) is 8.44. The molecule has 276 valence electrons. The maximum atomic E-state index is 15.0. The number of rotatable bonds is 18. The summed E-state index contributed by atoms with van der Waals surface area (Å²) < 4.78 is 12.9. The lowest BCUT2D eigenvalue weighted by atomic mass is 9.70. The van der Waals surface area contributed by atoms with Crippen LogP contribution in [-0.2, 0) is 28.7 Å². The maximum Gasteiger partial charge on any atom is 0.313 e. The van der Waals surface area contributed by atoms with Gasteiger partial charge in [0, 0.05) is 36.5 Å². The first-order valence-electron chi connectivity index (χ1n) is 17.9. The van der Waals surface area contributed by atoms with Crippen molar-refractivity contribution >= 4 is 39.6 Å². The van der Waals surface area contributed by atoms with Gasteiger partial charge in [0.25, 0.3) is 0 Å². The van der Waals surface area contributed by atoms with Crippen LogP contribution in [0.1, 0.15) is 91.2 Å². The second-order valence-electron chi connectivity index (χ2n) is 15.7. The minimum absolute atomic E-state index is 0.0399. The Morgan fingerprint density at radius 2 is 1.84 bits per heavy atom. The van der Waals surface area contributed by atoms with Crippen molar-refractivity contribution < 1.29 is 33.8 Å². The van der Waals surface area contributed by atoms with E-state index in [1.807, 2.05) is 49.1 Å². The van der Waals surface area contributed by atoms with Gasteiger partial charge in [0.2, 0.25) is 17.7 Å². The fourth-order valence-corrected chi connectivity index (χ4v) is 9.38. The number of amides is 3. The fraction of sp³-hybridized carbons (Fsp3) is 0.641. The number of likely N-dealkylation sites (tertiary alicyclic amines) is 1. The minimum atomic E-state index is -1.24. The van der Waals surface area contributed by atoms with Gasteiger partial charge in [0.1, 0.15) is 17.7 Å². The summed E-state index contributed by atoms with van der Waals surface area (Å²) >= 11 is 3.76. The smallest absolute Gasteiger partial charge is 0.313 e. The van der Waals surface area contributed by atoms with Crippen LogP contribution >= 0.6 is 15.9 Å². The highest BCUT2D eigenvalue weighted by Gasteiger charge is 2.77. The van der Waals surface area contributed by atoms with Gasteiger partial charge in [0.05, 0.1) is 24.5 Å². The van der Waals surface area contributed by atoms with E-state index in [-0.39, 0.29) is 54.1 Å². The lowest BCUT2D eigenvalue weighted by molar-refractivity contribution is -0.160. The normalized spacial score (nSPS) is 26.3. The summed E-state index contributed by atoms with van der Waals surface area (Å²) in [4.78, 5) is 59.6. The highest BCUT2D eigenvalue weighted by molar-refractivity contribution is 9.09. The number of aliphatic hydroxyl groups excluding tert-OH is 1. The van der Waals surface area contributed by atoms with Crippen molar-refractivity contribution in [1.82, 2.24) is 15.1 Å². The van der Waals surface area contributed by atoms with E-state index in [1.165, 1.54) is 0 Å². The monoisotopic (exact) mass is 757 g/mol. The zero-order valence-electron chi connectivity index (χ0n) is 30.4. The van der Waals surface area contributed by atoms with Crippen molar-refractivity contribution in [3.63, 3.8) is 0 Å². The maximum absolute atomic E-state index is 15.0. The molecule has 1 aromatic carbocycles. The van der Waals surface area contributed by atoms with Crippen molar-refractivity contribution in [1.29, 1.82) is 0 Å². The summed E-state index contributed by atoms with van der Waals surface area (Å²) in [6.07, 6.45) is 5.62. The molecule has 2 bridgehead atoms. The molecular formula is C39H56BrN3O7. The molecule has 7 atom stereocenters. The molecular weight excluding hydrogens is 702 g/mol. The quantitative estimate of drug-likeness (QED) is 0.0878. The summed E-state index contributed by atoms with van der Waals surface area (Å²) in [7, 11) is 0. The number of carbonyl (C=O) groups excluding carboxylic acids is 4. The third kappa shape index (κ3) is 8.53. The Morgan fingerprint density at radius 3 is 2.46 bits per heavy atom. The lowest BCUT2D eigenvalue weighted by Gasteiger charge is -2.45. The van der Waals surface area contributed by atoms with Gasteiger partial charge in [-0.3, -0.25) is 19.2 Å². The average molecular weight is 759 g/mol. The molecule has 0 aliphatic carbocycles. The van der Waals surface area contributed by atoms with Crippen LogP contribution in [0.2, 0.25) is 0 Å². The molecule has 1 spiro atoms. The average Bonchev–Trinajstić information content (AvgIpc) is 3.64. The number of allylic oxidation sites excluding steroid dienone is 1. The minimum Gasteiger partial charge on any atom is -0.455 e. The molecule has 10 nitrogen and oxygen atoms in total. The number of halogens is 1. The molecule has 11 heteroatoms. The van der Waals surface area contributed by atoms with E-state index in [0.717, 1.165) is 0 Å². The Kier molecular flexibility index (Phi) is 13.2. The van der Waals surface area contributed by atoms with Gasteiger partial charge in [-0.1, -0.05) is 79.2 Å². The predicted octanol–water partition coefficient (Wildman–Crippen LogP) is 5.49. The van der Waals surface area contributed by atoms with Crippen LogP contribution in [0.5, 0.6) is 0 Å². The van der Waals surface area contributed by atoms with Gasteiger partial charge in [-0.2, -0.15) is 0 Å². The standard InChI is InChI=1S/C39H56BrN3O7/c1-8-10-19-29(45)41-24-28(26-17-13-11-14-18-26)49-36(48)30-31-34(46)42(21-15-12-16-22-44)33(39(31)23-27(40)32(30)50-39)35(47)43(20-9-2)38(6,7)25-37(3,4)5/h8-9,11,13-14,17-18,27-28,30-33,44H,1-2,10,12,15-16,19-25H2,3-7H3,(H,41,45)/t27?,28-,30+,31-,32+,33+,39-/m1/s1. The van der Waals surface area contributed by atoms with Crippen LogP contribution in [0.15, 0.2) is 55.6 Å². The Morgan fingerprint density at radius 1 is 1.14 bits per heavy atom. The Balaban J connectivity index is 1.70. The van der Waals surface area contributed by atoms with Crippen LogP contribution in [-0.4, -0.2) is 93.0 Å². The molecule has 3 aliphatic rings. The van der Waals surface area contributed by atoms with E-state index in [0.29, 0.717) is 50.6 Å². The molecule has 0 saturated carbocycles. The third-order valence-electron chi connectivity index (χ3n) is 10.1. The molecule has 0 aromatic heterocycles. The Hall–Kier alpha value is -3.02. The summed E-state index contributed by atoms with van der Waals surface area (Å²) in [5.41, 5.74) is -1.20. The summed E-state index contributed by atoms with van der Waals surface area (Å²) in [5.74, 6) is -3.19. The molecule has 3 saturated heterocycles. The number of hydrogen-bond acceptors (Lipinski definition) is 7. The van der Waals surface area contributed by atoms with Crippen molar-refractivity contribution in [3.05, 3.63) is 61.2 Å². The second kappa shape index (κ2) is 16.5. The van der Waals surface area contributed by atoms with Gasteiger partial charge < -0.3 is 29.7 Å². The highest BCUT2D eigenvalue weighted by Crippen LogP contribution is 2.60. The molecule has 3 heterocycles. The summed E-state index contributed by atoms with van der Waals surface area (Å²) in [6, 6.07) is 8.23. The lowest BCUT2D eigenvalue weighted by Crippen LogP contribution is -2.61. The number of alkyl halides is 1. The number of carbonyl (C=O) groups is 4. The molecule has 1 unspecified atom stereocenters. The zero-order valence-corrected chi connectivity index (χ0v) is 32.0. The van der Waals surface area contributed by atoms with E-state index in [4.69, 9.17) is 9.47 Å². The number of nitrogens with zero attached hydrogens (tertiary/aromatic N) is 2. The zero-order chi connectivity index (χ0) is 36.9. The molecule has 3 fully saturated rings. The number of unbranched alkanes of at least 4 members (excludes halogenated alkanes) is 2. The molecule has 3 amide bonds. The van der Waals surface area contributed by atoms with Crippen LogP contribution in [0, 0.1) is 17.3 Å².